The molecule has 1 saturated carbocycles. The second-order valence-electron chi connectivity index (χ2n) is 9.30. The van der Waals surface area contributed by atoms with Gasteiger partial charge in [0, 0.05) is 19.6 Å². The van der Waals surface area contributed by atoms with E-state index in [0.29, 0.717) is 38.8 Å². The van der Waals surface area contributed by atoms with E-state index in [1.54, 1.807) is 4.90 Å². The van der Waals surface area contributed by atoms with Crippen LogP contribution < -0.4 is 15.8 Å². The third kappa shape index (κ3) is 3.59. The van der Waals surface area contributed by atoms with Gasteiger partial charge in [-0.15, -0.1) is 0 Å². The highest BCUT2D eigenvalue weighted by Crippen LogP contribution is 2.43. The van der Waals surface area contributed by atoms with Crippen molar-refractivity contribution in [1.29, 1.82) is 0 Å². The number of sulfonamides is 1. The molecule has 32 heavy (non-hydrogen) atoms. The molecule has 3 aliphatic rings. The van der Waals surface area contributed by atoms with E-state index < -0.39 is 38.0 Å². The number of nitrogens with one attached hydrogen (secondary N) is 2. The zero-order valence-electron chi connectivity index (χ0n) is 18.2. The summed E-state index contributed by atoms with van der Waals surface area (Å²) in [5.41, 5.74) is 6.49. The first-order valence-corrected chi connectivity index (χ1v) is 12.5. The Hall–Kier alpha value is -2.46. The summed E-state index contributed by atoms with van der Waals surface area (Å²) in [4.78, 5) is 40.2. The smallest absolute Gasteiger partial charge is 0.242 e. The van der Waals surface area contributed by atoms with Crippen molar-refractivity contribution in [2.24, 2.45) is 11.1 Å². The minimum Gasteiger partial charge on any atom is -0.369 e. The van der Waals surface area contributed by atoms with Gasteiger partial charge in [-0.1, -0.05) is 30.7 Å². The SMILES string of the molecule is CC1(C(=O)NCC2Cc3ccccc3CN2C(=O)C2(C(N)=O)CCC2)CCCNS1(=O)=O. The number of rotatable bonds is 5. The van der Waals surface area contributed by atoms with Crippen LogP contribution in [0.15, 0.2) is 24.3 Å². The van der Waals surface area contributed by atoms with Gasteiger partial charge in [0.1, 0.15) is 5.41 Å². The van der Waals surface area contributed by atoms with Crippen LogP contribution in [-0.2, 0) is 37.4 Å². The summed E-state index contributed by atoms with van der Waals surface area (Å²) >= 11 is 0. The van der Waals surface area contributed by atoms with E-state index in [4.69, 9.17) is 5.73 Å². The Morgan fingerprint density at radius 2 is 1.84 bits per heavy atom. The molecular formula is C22H30N4O5S. The van der Waals surface area contributed by atoms with E-state index in [1.165, 1.54) is 6.92 Å². The molecule has 1 aromatic carbocycles. The molecule has 0 radical (unpaired) electrons. The van der Waals surface area contributed by atoms with Gasteiger partial charge in [0.15, 0.2) is 4.75 Å². The summed E-state index contributed by atoms with van der Waals surface area (Å²) in [7, 11) is -3.79. The molecule has 2 aliphatic heterocycles. The minimum absolute atomic E-state index is 0.0961. The predicted octanol–water partition coefficient (Wildman–Crippen LogP) is 0.184. The van der Waals surface area contributed by atoms with Crippen LogP contribution >= 0.6 is 0 Å². The molecule has 1 aromatic rings. The zero-order chi connectivity index (χ0) is 23.1. The largest absolute Gasteiger partial charge is 0.369 e. The van der Waals surface area contributed by atoms with Crippen molar-refractivity contribution in [2.75, 3.05) is 13.1 Å². The molecule has 2 atom stereocenters. The van der Waals surface area contributed by atoms with Crippen LogP contribution in [0, 0.1) is 5.41 Å². The standard InChI is InChI=1S/C22H30N4O5S/c1-21(8-5-11-25-32(21,30)31)19(28)24-13-17-12-15-6-2-3-7-16(15)14-26(17)20(29)22(18(23)27)9-4-10-22/h2-3,6-7,17,25H,4-5,8-14H2,1H3,(H2,23,27)(H,24,28). The summed E-state index contributed by atoms with van der Waals surface area (Å²) in [5.74, 6) is -1.49. The summed E-state index contributed by atoms with van der Waals surface area (Å²) in [6.45, 7) is 2.17. The van der Waals surface area contributed by atoms with Gasteiger partial charge in [0.05, 0.1) is 6.04 Å². The van der Waals surface area contributed by atoms with E-state index >= 15 is 0 Å². The molecule has 2 fully saturated rings. The Kier molecular flexibility index (Phi) is 5.79. The lowest BCUT2D eigenvalue weighted by Gasteiger charge is -2.45. The van der Waals surface area contributed by atoms with Crippen molar-refractivity contribution in [3.05, 3.63) is 35.4 Å². The van der Waals surface area contributed by atoms with Crippen molar-refractivity contribution in [3.8, 4) is 0 Å². The summed E-state index contributed by atoms with van der Waals surface area (Å²) in [6, 6.07) is 7.35. The number of amides is 3. The molecule has 0 bridgehead atoms. The van der Waals surface area contributed by atoms with Crippen molar-refractivity contribution in [1.82, 2.24) is 14.9 Å². The van der Waals surface area contributed by atoms with Crippen LogP contribution in [-0.4, -0.2) is 54.9 Å². The summed E-state index contributed by atoms with van der Waals surface area (Å²) in [5, 5.41) is 2.78. The lowest BCUT2D eigenvalue weighted by molar-refractivity contribution is -0.158. The number of carbonyl (C=O) groups is 3. The second-order valence-corrected chi connectivity index (χ2v) is 11.5. The number of fused-ring (bicyclic) bond motifs is 1. The van der Waals surface area contributed by atoms with Gasteiger partial charge in [-0.2, -0.15) is 0 Å². The van der Waals surface area contributed by atoms with Crippen molar-refractivity contribution >= 4 is 27.7 Å². The monoisotopic (exact) mass is 462 g/mol. The molecule has 1 saturated heterocycles. The summed E-state index contributed by atoms with van der Waals surface area (Å²) < 4.78 is 25.9. The molecule has 0 spiro atoms. The van der Waals surface area contributed by atoms with Crippen molar-refractivity contribution < 1.29 is 22.8 Å². The molecule has 9 nitrogen and oxygen atoms in total. The predicted molar refractivity (Wildman–Crippen MR) is 118 cm³/mol. The van der Waals surface area contributed by atoms with Crippen LogP contribution in [0.3, 0.4) is 0 Å². The number of hydrogen-bond donors (Lipinski definition) is 3. The van der Waals surface area contributed by atoms with Crippen molar-refractivity contribution in [3.63, 3.8) is 0 Å². The maximum atomic E-state index is 13.5. The van der Waals surface area contributed by atoms with Crippen LogP contribution in [0.1, 0.15) is 50.2 Å². The Balaban J connectivity index is 1.57. The molecule has 1 aliphatic carbocycles. The highest BCUT2D eigenvalue weighted by atomic mass is 32.2. The van der Waals surface area contributed by atoms with E-state index in [9.17, 15) is 22.8 Å². The van der Waals surface area contributed by atoms with Gasteiger partial charge in [-0.25, -0.2) is 13.1 Å². The normalized spacial score (nSPS) is 28.2. The van der Waals surface area contributed by atoms with Gasteiger partial charge in [0.25, 0.3) is 0 Å². The van der Waals surface area contributed by atoms with Gasteiger partial charge < -0.3 is 16.0 Å². The fourth-order valence-electron chi connectivity index (χ4n) is 4.94. The summed E-state index contributed by atoms with van der Waals surface area (Å²) in [6.07, 6.45) is 2.93. The minimum atomic E-state index is -3.79. The zero-order valence-corrected chi connectivity index (χ0v) is 19.0. The molecule has 174 valence electrons. The lowest BCUT2D eigenvalue weighted by atomic mass is 9.66. The van der Waals surface area contributed by atoms with Gasteiger partial charge >= 0.3 is 0 Å². The van der Waals surface area contributed by atoms with Crippen LogP contribution in [0.4, 0.5) is 0 Å². The molecule has 2 unspecified atom stereocenters. The Bertz CT molecular complexity index is 1050. The van der Waals surface area contributed by atoms with Crippen LogP contribution in [0.5, 0.6) is 0 Å². The van der Waals surface area contributed by atoms with Crippen LogP contribution in [0.2, 0.25) is 0 Å². The van der Waals surface area contributed by atoms with E-state index in [0.717, 1.165) is 17.5 Å². The van der Waals surface area contributed by atoms with Gasteiger partial charge in [-0.3, -0.25) is 14.4 Å². The van der Waals surface area contributed by atoms with Crippen molar-refractivity contribution in [2.45, 2.75) is 62.8 Å². The third-order valence-corrected chi connectivity index (χ3v) is 9.56. The topological polar surface area (TPSA) is 139 Å². The van der Waals surface area contributed by atoms with Gasteiger partial charge in [0.2, 0.25) is 27.7 Å². The molecule has 4 rings (SSSR count). The second kappa shape index (κ2) is 8.15. The highest BCUT2D eigenvalue weighted by Gasteiger charge is 2.53. The Morgan fingerprint density at radius 1 is 1.16 bits per heavy atom. The molecule has 3 amide bonds. The Morgan fingerprint density at radius 3 is 2.44 bits per heavy atom. The van der Waals surface area contributed by atoms with E-state index in [2.05, 4.69) is 10.0 Å². The fraction of sp³-hybridized carbons (Fsp3) is 0.591. The maximum absolute atomic E-state index is 13.5. The van der Waals surface area contributed by atoms with E-state index in [-0.39, 0.29) is 18.9 Å². The number of carbonyl (C=O) groups excluding carboxylic acids is 3. The quantitative estimate of drug-likeness (QED) is 0.536. The molecule has 10 heteroatoms. The fourth-order valence-corrected chi connectivity index (χ4v) is 6.40. The molecular weight excluding hydrogens is 432 g/mol. The Labute approximate surface area is 188 Å². The molecule has 2 heterocycles. The number of benzene rings is 1. The first kappa shape index (κ1) is 22.7. The first-order chi connectivity index (χ1) is 15.1. The number of nitrogens with zero attached hydrogens (tertiary/aromatic N) is 1. The third-order valence-electron chi connectivity index (χ3n) is 7.40. The number of hydrogen-bond acceptors (Lipinski definition) is 5. The van der Waals surface area contributed by atoms with Gasteiger partial charge in [-0.05, 0) is 50.2 Å². The average Bonchev–Trinajstić information content (AvgIpc) is 2.72. The maximum Gasteiger partial charge on any atom is 0.242 e. The van der Waals surface area contributed by atoms with Crippen LogP contribution in [0.25, 0.3) is 0 Å². The van der Waals surface area contributed by atoms with E-state index in [1.807, 2.05) is 24.3 Å². The highest BCUT2D eigenvalue weighted by molar-refractivity contribution is 7.91. The average molecular weight is 463 g/mol. The lowest BCUT2D eigenvalue weighted by Crippen LogP contribution is -2.62. The number of primary amides is 1. The number of nitrogens with two attached hydrogens (primary N) is 1. The molecule has 4 N–H and O–H groups in total. The first-order valence-electron chi connectivity index (χ1n) is 11.1. The molecule has 0 aromatic heterocycles.